The molecule has 3 aromatic carbocycles. The maximum atomic E-state index is 13.0. The quantitative estimate of drug-likeness (QED) is 0.454. The fraction of sp³-hybridized carbons (Fsp3) is 0.0909. The molecular weight excluding hydrogens is 382 g/mol. The molecule has 0 atom stereocenters. The molecule has 1 aliphatic rings. The van der Waals surface area contributed by atoms with E-state index in [0.29, 0.717) is 23.0 Å². The van der Waals surface area contributed by atoms with Gasteiger partial charge in [-0.2, -0.15) is 0 Å². The van der Waals surface area contributed by atoms with E-state index < -0.39 is 4.92 Å². The molecule has 0 aliphatic carbocycles. The number of urea groups is 1. The fourth-order valence-electron chi connectivity index (χ4n) is 3.12. The standard InChI is InChI=1S/C22H19N5O3/c1-24(2)17-10-8-16(9-11-17)23-21-25(18-6-4-3-5-7-18)22(28)26(21)19-12-14-20(15-13-19)27(29)30/h3-15H,1-2H3. The highest BCUT2D eigenvalue weighted by molar-refractivity contribution is 6.43. The van der Waals surface area contributed by atoms with E-state index in [1.165, 1.54) is 21.9 Å². The summed E-state index contributed by atoms with van der Waals surface area (Å²) in [6, 6.07) is 22.4. The molecule has 3 aromatic rings. The summed E-state index contributed by atoms with van der Waals surface area (Å²) in [5, 5.41) is 10.9. The van der Waals surface area contributed by atoms with E-state index in [1.807, 2.05) is 73.6 Å². The van der Waals surface area contributed by atoms with Crippen molar-refractivity contribution in [2.24, 2.45) is 4.99 Å². The van der Waals surface area contributed by atoms with Gasteiger partial charge in [0.2, 0.25) is 5.96 Å². The number of carbonyl (C=O) groups excluding carboxylic acids is 1. The van der Waals surface area contributed by atoms with Crippen LogP contribution in [0.2, 0.25) is 0 Å². The van der Waals surface area contributed by atoms with Gasteiger partial charge in [0, 0.05) is 31.9 Å². The van der Waals surface area contributed by atoms with Gasteiger partial charge in [0.1, 0.15) is 0 Å². The van der Waals surface area contributed by atoms with Crippen LogP contribution in [0, 0.1) is 10.1 Å². The lowest BCUT2D eigenvalue weighted by molar-refractivity contribution is -0.384. The lowest BCUT2D eigenvalue weighted by Gasteiger charge is -2.42. The molecule has 8 heteroatoms. The largest absolute Gasteiger partial charge is 0.378 e. The maximum Gasteiger partial charge on any atom is 0.342 e. The van der Waals surface area contributed by atoms with Gasteiger partial charge < -0.3 is 4.90 Å². The number of amides is 2. The van der Waals surface area contributed by atoms with Crippen LogP contribution in [0.1, 0.15) is 0 Å². The number of guanidine groups is 1. The van der Waals surface area contributed by atoms with Crippen LogP contribution < -0.4 is 14.7 Å². The lowest BCUT2D eigenvalue weighted by atomic mass is 10.2. The van der Waals surface area contributed by atoms with Crippen molar-refractivity contribution >= 4 is 40.4 Å². The number of rotatable bonds is 5. The summed E-state index contributed by atoms with van der Waals surface area (Å²) in [6.45, 7) is 0. The number of nitro groups is 1. The predicted molar refractivity (Wildman–Crippen MR) is 118 cm³/mol. The molecule has 0 radical (unpaired) electrons. The summed E-state index contributed by atoms with van der Waals surface area (Å²) in [6.07, 6.45) is 0. The van der Waals surface area contributed by atoms with Gasteiger partial charge in [0.15, 0.2) is 0 Å². The van der Waals surface area contributed by atoms with E-state index >= 15 is 0 Å². The summed E-state index contributed by atoms with van der Waals surface area (Å²) in [5.74, 6) is 0.428. The zero-order chi connectivity index (χ0) is 21.3. The monoisotopic (exact) mass is 401 g/mol. The molecule has 0 unspecified atom stereocenters. The minimum absolute atomic E-state index is 0.0376. The number of benzene rings is 3. The van der Waals surface area contributed by atoms with E-state index in [2.05, 4.69) is 4.99 Å². The topological polar surface area (TPSA) is 82.3 Å². The first-order chi connectivity index (χ1) is 14.5. The molecule has 0 saturated carbocycles. The first-order valence-electron chi connectivity index (χ1n) is 9.25. The SMILES string of the molecule is CN(C)c1ccc(N=C2N(c3ccccc3)C(=O)N2c2ccc([N+](=O)[O-])cc2)cc1. The van der Waals surface area contributed by atoms with E-state index in [0.717, 1.165) is 5.69 Å². The second kappa shape index (κ2) is 7.67. The number of para-hydroxylation sites is 1. The summed E-state index contributed by atoms with van der Waals surface area (Å²) >= 11 is 0. The van der Waals surface area contributed by atoms with Crippen molar-refractivity contribution in [2.45, 2.75) is 0 Å². The molecule has 30 heavy (non-hydrogen) atoms. The number of anilines is 3. The van der Waals surface area contributed by atoms with Gasteiger partial charge in [-0.05, 0) is 48.5 Å². The van der Waals surface area contributed by atoms with Gasteiger partial charge in [-0.3, -0.25) is 10.1 Å². The van der Waals surface area contributed by atoms with Crippen LogP contribution in [0.4, 0.5) is 33.2 Å². The average molecular weight is 401 g/mol. The molecule has 0 N–H and O–H groups in total. The second-order valence-electron chi connectivity index (χ2n) is 6.89. The second-order valence-corrected chi connectivity index (χ2v) is 6.89. The van der Waals surface area contributed by atoms with Crippen molar-refractivity contribution < 1.29 is 9.72 Å². The Balaban J connectivity index is 1.73. The van der Waals surface area contributed by atoms with Crippen molar-refractivity contribution in [1.29, 1.82) is 0 Å². The Bertz CT molecular complexity index is 1110. The number of hydrogen-bond acceptors (Lipinski definition) is 5. The van der Waals surface area contributed by atoms with Crippen LogP contribution in [0.15, 0.2) is 83.9 Å². The van der Waals surface area contributed by atoms with Crippen molar-refractivity contribution in [3.63, 3.8) is 0 Å². The third kappa shape index (κ3) is 3.46. The Kier molecular flexibility index (Phi) is 4.89. The van der Waals surface area contributed by atoms with Crippen LogP contribution in [0.5, 0.6) is 0 Å². The molecule has 1 fully saturated rings. The van der Waals surface area contributed by atoms with Crippen molar-refractivity contribution in [3.8, 4) is 0 Å². The van der Waals surface area contributed by atoms with Crippen molar-refractivity contribution in [3.05, 3.63) is 89.0 Å². The van der Waals surface area contributed by atoms with Gasteiger partial charge in [0.25, 0.3) is 5.69 Å². The zero-order valence-electron chi connectivity index (χ0n) is 16.5. The van der Waals surface area contributed by atoms with Crippen LogP contribution in [0.3, 0.4) is 0 Å². The summed E-state index contributed by atoms with van der Waals surface area (Å²) in [7, 11) is 3.91. The van der Waals surface area contributed by atoms with E-state index in [1.54, 1.807) is 12.1 Å². The molecule has 1 heterocycles. The van der Waals surface area contributed by atoms with Crippen molar-refractivity contribution in [1.82, 2.24) is 0 Å². The summed E-state index contributed by atoms with van der Waals surface area (Å²) in [4.78, 5) is 33.0. The van der Waals surface area contributed by atoms with Gasteiger partial charge in [-0.1, -0.05) is 18.2 Å². The third-order valence-corrected chi connectivity index (χ3v) is 4.71. The molecule has 4 rings (SSSR count). The molecule has 1 saturated heterocycles. The molecule has 150 valence electrons. The number of nitrogens with zero attached hydrogens (tertiary/aromatic N) is 5. The lowest BCUT2D eigenvalue weighted by Crippen LogP contribution is -2.65. The van der Waals surface area contributed by atoms with Gasteiger partial charge in [-0.25, -0.2) is 19.6 Å². The Morgan fingerprint density at radius 1 is 0.833 bits per heavy atom. The maximum absolute atomic E-state index is 13.0. The first kappa shape index (κ1) is 19.1. The molecule has 0 aromatic heterocycles. The van der Waals surface area contributed by atoms with Gasteiger partial charge >= 0.3 is 6.03 Å². The number of aliphatic imine (C=N–C) groups is 1. The van der Waals surface area contributed by atoms with E-state index in [4.69, 9.17) is 0 Å². The van der Waals surface area contributed by atoms with Crippen molar-refractivity contribution in [2.75, 3.05) is 28.8 Å². The highest BCUT2D eigenvalue weighted by Gasteiger charge is 2.43. The summed E-state index contributed by atoms with van der Waals surface area (Å²) < 4.78 is 0. The van der Waals surface area contributed by atoms with Crippen LogP contribution >= 0.6 is 0 Å². The molecule has 2 amide bonds. The Morgan fingerprint density at radius 2 is 1.40 bits per heavy atom. The Morgan fingerprint density at radius 3 is 1.93 bits per heavy atom. The molecule has 1 aliphatic heterocycles. The smallest absolute Gasteiger partial charge is 0.342 e. The van der Waals surface area contributed by atoms with Gasteiger partial charge in [-0.15, -0.1) is 0 Å². The fourth-order valence-corrected chi connectivity index (χ4v) is 3.12. The third-order valence-electron chi connectivity index (χ3n) is 4.71. The highest BCUT2D eigenvalue weighted by atomic mass is 16.6. The first-order valence-corrected chi connectivity index (χ1v) is 9.25. The predicted octanol–water partition coefficient (Wildman–Crippen LogP) is 4.80. The Hall–Kier alpha value is -4.20. The molecule has 8 nitrogen and oxygen atoms in total. The normalized spacial score (nSPS) is 14.6. The number of carbonyl (C=O) groups is 1. The zero-order valence-corrected chi connectivity index (χ0v) is 16.5. The average Bonchev–Trinajstić information content (AvgIpc) is 2.75. The minimum Gasteiger partial charge on any atom is -0.378 e. The van der Waals surface area contributed by atoms with E-state index in [9.17, 15) is 14.9 Å². The van der Waals surface area contributed by atoms with Crippen LogP contribution in [0.25, 0.3) is 0 Å². The molecular formula is C22H19N5O3. The summed E-state index contributed by atoms with van der Waals surface area (Å²) in [5.41, 5.74) is 2.90. The van der Waals surface area contributed by atoms with E-state index in [-0.39, 0.29) is 11.7 Å². The number of hydrogen-bond donors (Lipinski definition) is 0. The van der Waals surface area contributed by atoms with Crippen LogP contribution in [-0.2, 0) is 0 Å². The number of nitro benzene ring substituents is 1. The molecule has 0 bridgehead atoms. The number of non-ortho nitro benzene ring substituents is 1. The molecule has 0 spiro atoms. The highest BCUT2D eigenvalue weighted by Crippen LogP contribution is 2.33. The minimum atomic E-state index is -0.473. The van der Waals surface area contributed by atoms with Gasteiger partial charge in [0.05, 0.1) is 22.0 Å². The van der Waals surface area contributed by atoms with Crippen LogP contribution in [-0.4, -0.2) is 31.0 Å². The Labute approximate surface area is 173 Å².